The summed E-state index contributed by atoms with van der Waals surface area (Å²) in [7, 11) is 1.56. The molecule has 1 aromatic heterocycles. The molecule has 0 atom stereocenters. The first-order chi connectivity index (χ1) is 21.0. The molecule has 11 heteroatoms. The van der Waals surface area contributed by atoms with Crippen molar-refractivity contribution in [3.05, 3.63) is 100 Å². The Bertz CT molecular complexity index is 1550. The molecule has 3 aromatic carbocycles. The molecule has 0 spiro atoms. The van der Waals surface area contributed by atoms with Crippen LogP contribution in [-0.2, 0) is 11.2 Å². The van der Waals surface area contributed by atoms with Crippen molar-refractivity contribution in [1.82, 2.24) is 9.55 Å². The van der Waals surface area contributed by atoms with E-state index < -0.39 is 17.0 Å². The predicted octanol–water partition coefficient (Wildman–Crippen LogP) is 5.83. The van der Waals surface area contributed by atoms with Crippen LogP contribution < -0.4 is 21.9 Å². The van der Waals surface area contributed by atoms with Crippen molar-refractivity contribution in [2.24, 2.45) is 0 Å². The smallest absolute Gasteiger partial charge is 0.173 e. The average Bonchev–Trinajstić information content (AvgIpc) is 3.44. The van der Waals surface area contributed by atoms with Gasteiger partial charge in [-0.2, -0.15) is 0 Å². The van der Waals surface area contributed by atoms with Crippen molar-refractivity contribution in [3.63, 3.8) is 0 Å². The summed E-state index contributed by atoms with van der Waals surface area (Å²) in [5, 5.41) is 0.999. The van der Waals surface area contributed by atoms with Gasteiger partial charge in [-0.1, -0.05) is 43.3 Å². The van der Waals surface area contributed by atoms with Gasteiger partial charge < -0.3 is 26.4 Å². The van der Waals surface area contributed by atoms with Gasteiger partial charge in [0.25, 0.3) is 0 Å². The quantitative estimate of drug-likeness (QED) is 0.124. The van der Waals surface area contributed by atoms with Crippen LogP contribution in [-0.4, -0.2) is 53.9 Å². The maximum atomic E-state index is 15.2. The average molecular weight is 683 g/mol. The standard InChI is InChI=1S/C34H40ClF3N3O2S.ClH/c1-7-41(8-2,9-3)16-17-43-26-19-29(37)27(30(38)20-26)22-44-33-39-21-32(40(33)25-13-11-24(36)12-14-25)34(4,5)23-10-15-28(35)31(18-23)42-6;/h10-15,18-21H,7-9,16-17,22H2,1-6H3;1H/q+1;/p-1. The molecule has 0 amide bonds. The van der Waals surface area contributed by atoms with Crippen LogP contribution in [0, 0.1) is 17.5 Å². The molecule has 0 unspecified atom stereocenters. The van der Waals surface area contributed by atoms with Crippen molar-refractivity contribution in [3.8, 4) is 17.2 Å². The van der Waals surface area contributed by atoms with E-state index in [0.717, 1.165) is 41.9 Å². The van der Waals surface area contributed by atoms with Gasteiger partial charge in [-0.15, -0.1) is 0 Å². The van der Waals surface area contributed by atoms with Crippen molar-refractivity contribution in [1.29, 1.82) is 0 Å². The zero-order chi connectivity index (χ0) is 32.1. The molecular weight excluding hydrogens is 642 g/mol. The van der Waals surface area contributed by atoms with E-state index in [2.05, 4.69) is 25.8 Å². The van der Waals surface area contributed by atoms with Crippen molar-refractivity contribution in [2.45, 2.75) is 50.9 Å². The van der Waals surface area contributed by atoms with Gasteiger partial charge in [-0.3, -0.25) is 4.57 Å². The summed E-state index contributed by atoms with van der Waals surface area (Å²) < 4.78 is 58.3. The Labute approximate surface area is 279 Å². The van der Waals surface area contributed by atoms with Crippen molar-refractivity contribution < 1.29 is 39.5 Å². The number of ether oxygens (including phenoxy) is 2. The maximum Gasteiger partial charge on any atom is 0.173 e. The van der Waals surface area contributed by atoms with Gasteiger partial charge in [0.15, 0.2) is 5.16 Å². The number of rotatable bonds is 14. The zero-order valence-electron chi connectivity index (χ0n) is 26.5. The van der Waals surface area contributed by atoms with E-state index in [-0.39, 0.29) is 35.3 Å². The number of nitrogens with zero attached hydrogens (tertiary/aromatic N) is 3. The van der Waals surface area contributed by atoms with E-state index in [4.69, 9.17) is 21.1 Å². The monoisotopic (exact) mass is 681 g/mol. The fourth-order valence-electron chi connectivity index (χ4n) is 5.35. The highest BCUT2D eigenvalue weighted by molar-refractivity contribution is 7.98. The molecule has 0 aliphatic carbocycles. The number of quaternary nitrogens is 1. The molecule has 0 aliphatic heterocycles. The molecule has 244 valence electrons. The lowest BCUT2D eigenvalue weighted by molar-refractivity contribution is -0.923. The minimum Gasteiger partial charge on any atom is -1.00 e. The molecular formula is C34H40Cl2F3N3O2S. The Morgan fingerprint density at radius 2 is 1.56 bits per heavy atom. The maximum absolute atomic E-state index is 15.2. The number of halogens is 5. The molecule has 0 bridgehead atoms. The highest BCUT2D eigenvalue weighted by atomic mass is 35.5. The van der Waals surface area contributed by atoms with Gasteiger partial charge in [0.1, 0.15) is 42.1 Å². The Morgan fingerprint density at radius 1 is 0.933 bits per heavy atom. The third-order valence-corrected chi connectivity index (χ3v) is 9.93. The second-order valence-electron chi connectivity index (χ2n) is 11.2. The highest BCUT2D eigenvalue weighted by Gasteiger charge is 2.30. The number of thioether (sulfide) groups is 1. The van der Waals surface area contributed by atoms with Crippen LogP contribution in [0.25, 0.3) is 5.69 Å². The summed E-state index contributed by atoms with van der Waals surface area (Å²) in [4.78, 5) is 4.65. The largest absolute Gasteiger partial charge is 1.00 e. The number of hydrogen-bond acceptors (Lipinski definition) is 4. The highest BCUT2D eigenvalue weighted by Crippen LogP contribution is 2.39. The Morgan fingerprint density at radius 3 is 2.13 bits per heavy atom. The first-order valence-electron chi connectivity index (χ1n) is 14.7. The summed E-state index contributed by atoms with van der Waals surface area (Å²) in [5.74, 6) is -1.02. The molecule has 0 fully saturated rings. The third-order valence-electron chi connectivity index (χ3n) is 8.63. The number of methoxy groups -OCH3 is 1. The molecule has 5 nitrogen and oxygen atoms in total. The minimum absolute atomic E-state index is 0. The number of imidazole rings is 1. The first-order valence-corrected chi connectivity index (χ1v) is 16.1. The van der Waals surface area contributed by atoms with Gasteiger partial charge in [-0.05, 0) is 62.7 Å². The summed E-state index contributed by atoms with van der Waals surface area (Å²) >= 11 is 7.48. The SMILES string of the molecule is CC[N+](CC)(CC)CCOc1cc(F)c(CSc2ncc(C(C)(C)c3ccc(Cl)c(OC)c3)n2-c2ccc(F)cc2)c(F)c1.[Cl-]. The van der Waals surface area contributed by atoms with Crippen molar-refractivity contribution in [2.75, 3.05) is 39.9 Å². The lowest BCUT2D eigenvalue weighted by atomic mass is 9.81. The van der Waals surface area contributed by atoms with E-state index in [9.17, 15) is 4.39 Å². The van der Waals surface area contributed by atoms with E-state index in [1.54, 1.807) is 31.5 Å². The molecule has 0 aliphatic rings. The number of hydrogen-bond donors (Lipinski definition) is 0. The normalized spacial score (nSPS) is 11.8. The second kappa shape index (κ2) is 15.6. The minimum atomic E-state index is -0.677. The fourth-order valence-corrected chi connectivity index (χ4v) is 6.56. The summed E-state index contributed by atoms with van der Waals surface area (Å²) in [5.41, 5.74) is 1.71. The predicted molar refractivity (Wildman–Crippen MR) is 172 cm³/mol. The van der Waals surface area contributed by atoms with Gasteiger partial charge in [0.2, 0.25) is 0 Å². The van der Waals surface area contributed by atoms with E-state index in [1.807, 2.05) is 30.5 Å². The fraction of sp³-hybridized carbons (Fsp3) is 0.382. The van der Waals surface area contributed by atoms with Gasteiger partial charge in [0.05, 0.1) is 43.7 Å². The molecule has 1 heterocycles. The van der Waals surface area contributed by atoms with Crippen LogP contribution in [0.3, 0.4) is 0 Å². The zero-order valence-corrected chi connectivity index (χ0v) is 28.8. The topological polar surface area (TPSA) is 36.3 Å². The summed E-state index contributed by atoms with van der Waals surface area (Å²) in [6.07, 6.45) is 1.73. The van der Waals surface area contributed by atoms with Crippen LogP contribution >= 0.6 is 23.4 Å². The van der Waals surface area contributed by atoms with Gasteiger partial charge >= 0.3 is 0 Å². The van der Waals surface area contributed by atoms with Gasteiger partial charge in [-0.25, -0.2) is 18.2 Å². The lowest BCUT2D eigenvalue weighted by Crippen LogP contribution is -3.00. The second-order valence-corrected chi connectivity index (χ2v) is 12.6. The third kappa shape index (κ3) is 8.12. The van der Waals surface area contributed by atoms with Crippen LogP contribution in [0.2, 0.25) is 5.02 Å². The first kappa shape index (κ1) is 36.6. The van der Waals surface area contributed by atoms with E-state index in [0.29, 0.717) is 28.2 Å². The van der Waals surface area contributed by atoms with Crippen LogP contribution in [0.5, 0.6) is 11.5 Å². The Hall–Kier alpha value is -2.85. The molecule has 4 rings (SSSR count). The van der Waals surface area contributed by atoms with Crippen LogP contribution in [0.1, 0.15) is 51.4 Å². The van der Waals surface area contributed by atoms with E-state index >= 15 is 8.78 Å². The van der Waals surface area contributed by atoms with Crippen LogP contribution in [0.4, 0.5) is 13.2 Å². The lowest BCUT2D eigenvalue weighted by Gasteiger charge is -2.35. The number of benzene rings is 3. The molecule has 0 saturated carbocycles. The number of aromatic nitrogens is 2. The molecule has 0 saturated heterocycles. The Kier molecular flexibility index (Phi) is 12.7. The van der Waals surface area contributed by atoms with Gasteiger partial charge in [0, 0.05) is 34.6 Å². The Balaban J connectivity index is 0.00000552. The summed E-state index contributed by atoms with van der Waals surface area (Å²) in [6, 6.07) is 14.1. The van der Waals surface area contributed by atoms with Crippen molar-refractivity contribution >= 4 is 23.4 Å². The van der Waals surface area contributed by atoms with Crippen LogP contribution in [0.15, 0.2) is 66.0 Å². The number of likely N-dealkylation sites (N-methyl/N-ethyl adjacent to an activating group) is 1. The molecule has 0 radical (unpaired) electrons. The van der Waals surface area contributed by atoms with E-state index in [1.165, 1.54) is 36.0 Å². The molecule has 4 aromatic rings. The molecule has 45 heavy (non-hydrogen) atoms. The molecule has 0 N–H and O–H groups in total. The summed E-state index contributed by atoms with van der Waals surface area (Å²) in [6.45, 7) is 14.5.